The van der Waals surface area contributed by atoms with Gasteiger partial charge in [0.25, 0.3) is 11.5 Å². The number of aromatic amines is 1. The first-order valence-electron chi connectivity index (χ1n) is 15.7. The van der Waals surface area contributed by atoms with Crippen LogP contribution >= 0.6 is 11.6 Å². The summed E-state index contributed by atoms with van der Waals surface area (Å²) in [7, 11) is 0. The standard InChI is InChI=1S/C34H35ClN8O4/c35-29-17-27(10-3-23(29)19-36)47-26-8-1-22(2-9-26)28-18-30(40-41-32(28)33(37)45)42-14-11-21(12-15-42)20-38-24-4-6-25(7-5-24)43-16-13-31(44)39-34(43)46/h3-7,10,13,16-18,21-22,26,38H,1-2,8-9,11-12,14-15,20H2,(H2,37,45)(H,39,44,46). The molecule has 2 aromatic carbocycles. The molecule has 4 aromatic rings. The lowest BCUT2D eigenvalue weighted by atomic mass is 9.82. The van der Waals surface area contributed by atoms with Crippen LogP contribution in [0.2, 0.25) is 5.02 Å². The predicted octanol–water partition coefficient (Wildman–Crippen LogP) is 4.37. The second kappa shape index (κ2) is 14.1. The second-order valence-corrected chi connectivity index (χ2v) is 12.5. The number of nitrogens with zero attached hydrogens (tertiary/aromatic N) is 5. The highest BCUT2D eigenvalue weighted by Gasteiger charge is 2.29. The molecular weight excluding hydrogens is 620 g/mol. The number of carbonyl (C=O) groups is 1. The summed E-state index contributed by atoms with van der Waals surface area (Å²) in [5.41, 5.74) is 7.92. The molecule has 1 saturated carbocycles. The molecule has 0 bridgehead atoms. The van der Waals surface area contributed by atoms with Crippen LogP contribution in [0.3, 0.4) is 0 Å². The second-order valence-electron chi connectivity index (χ2n) is 12.1. The van der Waals surface area contributed by atoms with Crippen molar-refractivity contribution < 1.29 is 9.53 Å². The number of rotatable bonds is 9. The molecule has 0 radical (unpaired) electrons. The van der Waals surface area contributed by atoms with Gasteiger partial charge in [0, 0.05) is 43.7 Å². The van der Waals surface area contributed by atoms with Crippen LogP contribution in [0.25, 0.3) is 5.69 Å². The minimum absolute atomic E-state index is 0.00684. The number of nitrogens with one attached hydrogen (secondary N) is 2. The van der Waals surface area contributed by atoms with Crippen molar-refractivity contribution in [2.45, 2.75) is 50.5 Å². The van der Waals surface area contributed by atoms with Crippen LogP contribution in [0.5, 0.6) is 5.75 Å². The summed E-state index contributed by atoms with van der Waals surface area (Å²) in [5.74, 6) is 1.40. The lowest BCUT2D eigenvalue weighted by Gasteiger charge is -2.34. The number of piperidine rings is 1. The number of hydrogen-bond donors (Lipinski definition) is 3. The fourth-order valence-corrected chi connectivity index (χ4v) is 6.60. The zero-order valence-electron chi connectivity index (χ0n) is 25.7. The Hall–Kier alpha value is -5.15. The molecule has 242 valence electrons. The molecule has 1 amide bonds. The monoisotopic (exact) mass is 654 g/mol. The summed E-state index contributed by atoms with van der Waals surface area (Å²) >= 11 is 6.17. The van der Waals surface area contributed by atoms with Gasteiger partial charge in [0.15, 0.2) is 11.5 Å². The van der Waals surface area contributed by atoms with Crippen molar-refractivity contribution in [2.24, 2.45) is 11.7 Å². The third-order valence-corrected chi connectivity index (χ3v) is 9.34. The first-order valence-corrected chi connectivity index (χ1v) is 16.1. The summed E-state index contributed by atoms with van der Waals surface area (Å²) < 4.78 is 7.55. The van der Waals surface area contributed by atoms with E-state index in [0.717, 1.165) is 75.2 Å². The number of anilines is 2. The molecule has 2 aliphatic rings. The number of nitrogens with two attached hydrogens (primary N) is 1. The summed E-state index contributed by atoms with van der Waals surface area (Å²) in [4.78, 5) is 40.2. The first kappa shape index (κ1) is 31.8. The van der Waals surface area contributed by atoms with Crippen LogP contribution in [-0.4, -0.2) is 51.4 Å². The molecule has 0 atom stereocenters. The molecule has 2 aromatic heterocycles. The van der Waals surface area contributed by atoms with Gasteiger partial charge in [0.05, 0.1) is 22.4 Å². The van der Waals surface area contributed by atoms with E-state index in [0.29, 0.717) is 27.9 Å². The molecule has 13 heteroatoms. The Morgan fingerprint density at radius 1 is 1.02 bits per heavy atom. The predicted molar refractivity (Wildman–Crippen MR) is 178 cm³/mol. The average molecular weight is 655 g/mol. The number of halogens is 1. The topological polar surface area (TPSA) is 172 Å². The fourth-order valence-electron chi connectivity index (χ4n) is 6.39. The van der Waals surface area contributed by atoms with E-state index in [2.05, 4.69) is 31.5 Å². The Morgan fingerprint density at radius 2 is 1.77 bits per heavy atom. The number of amides is 1. The van der Waals surface area contributed by atoms with Crippen molar-refractivity contribution in [1.82, 2.24) is 19.7 Å². The zero-order valence-corrected chi connectivity index (χ0v) is 26.4. The highest BCUT2D eigenvalue weighted by Crippen LogP contribution is 2.37. The van der Waals surface area contributed by atoms with Gasteiger partial charge in [-0.3, -0.25) is 19.1 Å². The maximum atomic E-state index is 12.3. The third-order valence-electron chi connectivity index (χ3n) is 9.02. The number of H-pyrrole nitrogens is 1. The Labute approximate surface area is 276 Å². The van der Waals surface area contributed by atoms with Gasteiger partial charge in [0.1, 0.15) is 11.8 Å². The van der Waals surface area contributed by atoms with E-state index in [4.69, 9.17) is 27.3 Å². The number of ether oxygens (including phenoxy) is 1. The zero-order chi connectivity index (χ0) is 32.9. The van der Waals surface area contributed by atoms with Crippen molar-refractivity contribution in [3.63, 3.8) is 0 Å². The first-order chi connectivity index (χ1) is 22.8. The van der Waals surface area contributed by atoms with E-state index >= 15 is 0 Å². The smallest absolute Gasteiger partial charge is 0.332 e. The van der Waals surface area contributed by atoms with Crippen LogP contribution < -0.4 is 31.9 Å². The maximum Gasteiger partial charge on any atom is 0.332 e. The summed E-state index contributed by atoms with van der Waals surface area (Å²) in [5, 5.41) is 21.7. The third kappa shape index (κ3) is 7.47. The number of primary amides is 1. The van der Waals surface area contributed by atoms with Crippen molar-refractivity contribution in [3.05, 3.63) is 103 Å². The molecule has 12 nitrogen and oxygen atoms in total. The van der Waals surface area contributed by atoms with E-state index in [1.54, 1.807) is 18.2 Å². The Balaban J connectivity index is 1.03. The van der Waals surface area contributed by atoms with Gasteiger partial charge in [-0.1, -0.05) is 11.6 Å². The molecule has 0 spiro atoms. The quantitative estimate of drug-likeness (QED) is 0.237. The minimum atomic E-state index is -0.576. The van der Waals surface area contributed by atoms with Crippen molar-refractivity contribution in [1.29, 1.82) is 5.26 Å². The van der Waals surface area contributed by atoms with Gasteiger partial charge in [-0.15, -0.1) is 10.2 Å². The van der Waals surface area contributed by atoms with Crippen molar-refractivity contribution in [2.75, 3.05) is 29.9 Å². The molecule has 6 rings (SSSR count). The average Bonchev–Trinajstić information content (AvgIpc) is 3.08. The van der Waals surface area contributed by atoms with E-state index < -0.39 is 17.2 Å². The lowest BCUT2D eigenvalue weighted by molar-refractivity contribution is 0.0991. The molecule has 1 aliphatic heterocycles. The van der Waals surface area contributed by atoms with E-state index in [1.807, 2.05) is 30.3 Å². The SMILES string of the molecule is N#Cc1ccc(OC2CCC(c3cc(N4CCC(CNc5ccc(-n6ccc(=O)[nH]c6=O)cc5)CC4)nnc3C(N)=O)CC2)cc1Cl. The summed E-state index contributed by atoms with van der Waals surface area (Å²) in [6.07, 6.45) is 6.63. The number of aromatic nitrogens is 4. The van der Waals surface area contributed by atoms with Crippen LogP contribution in [0.4, 0.5) is 11.5 Å². The summed E-state index contributed by atoms with van der Waals surface area (Å²) in [6.45, 7) is 2.44. The number of nitriles is 1. The van der Waals surface area contributed by atoms with E-state index in [1.165, 1.54) is 16.8 Å². The van der Waals surface area contributed by atoms with Crippen LogP contribution in [0, 0.1) is 17.2 Å². The van der Waals surface area contributed by atoms with Crippen LogP contribution in [0.15, 0.2) is 70.4 Å². The highest BCUT2D eigenvalue weighted by molar-refractivity contribution is 6.31. The summed E-state index contributed by atoms with van der Waals surface area (Å²) in [6, 6.07) is 18.0. The molecule has 2 fully saturated rings. The Morgan fingerprint density at radius 3 is 2.43 bits per heavy atom. The molecular formula is C34H35ClN8O4. The van der Waals surface area contributed by atoms with Crippen LogP contribution in [0.1, 0.15) is 66.1 Å². The van der Waals surface area contributed by atoms with E-state index in [9.17, 15) is 14.4 Å². The van der Waals surface area contributed by atoms with Gasteiger partial charge in [0.2, 0.25) is 0 Å². The van der Waals surface area contributed by atoms with Gasteiger partial charge in [-0.05, 0) is 98.4 Å². The van der Waals surface area contributed by atoms with Crippen molar-refractivity contribution in [3.8, 4) is 17.5 Å². The number of benzene rings is 2. The van der Waals surface area contributed by atoms with Gasteiger partial charge < -0.3 is 20.7 Å². The lowest BCUT2D eigenvalue weighted by Crippen LogP contribution is -2.37. The fraction of sp³-hybridized carbons (Fsp3) is 0.353. The number of carbonyl (C=O) groups excluding carboxylic acids is 1. The van der Waals surface area contributed by atoms with Gasteiger partial charge in [-0.25, -0.2) is 4.79 Å². The Kier molecular flexibility index (Phi) is 9.54. The Bertz CT molecular complexity index is 1900. The highest BCUT2D eigenvalue weighted by atomic mass is 35.5. The largest absolute Gasteiger partial charge is 0.490 e. The van der Waals surface area contributed by atoms with Gasteiger partial charge in [-0.2, -0.15) is 5.26 Å². The molecule has 1 saturated heterocycles. The molecule has 1 aliphatic carbocycles. The molecule has 3 heterocycles. The van der Waals surface area contributed by atoms with Crippen LogP contribution in [-0.2, 0) is 0 Å². The maximum absolute atomic E-state index is 12.3. The minimum Gasteiger partial charge on any atom is -0.490 e. The van der Waals surface area contributed by atoms with Gasteiger partial charge >= 0.3 is 5.69 Å². The number of hydrogen-bond acceptors (Lipinski definition) is 9. The normalized spacial score (nSPS) is 18.3. The molecule has 4 N–H and O–H groups in total. The van der Waals surface area contributed by atoms with E-state index in [-0.39, 0.29) is 17.7 Å². The molecule has 0 unspecified atom stereocenters. The molecule has 47 heavy (non-hydrogen) atoms. The van der Waals surface area contributed by atoms with Crippen molar-refractivity contribution >= 4 is 29.0 Å².